The van der Waals surface area contributed by atoms with Crippen LogP contribution < -0.4 is 5.73 Å². The molecule has 1 fully saturated rings. The maximum absolute atomic E-state index is 5.58. The predicted molar refractivity (Wildman–Crippen MR) is 34.0 cm³/mol. The summed E-state index contributed by atoms with van der Waals surface area (Å²) >= 11 is 0. The van der Waals surface area contributed by atoms with E-state index in [2.05, 4.69) is 0 Å². The zero-order valence-electron chi connectivity index (χ0n) is 5.89. The van der Waals surface area contributed by atoms with E-state index >= 15 is 0 Å². The molecule has 0 saturated carbocycles. The molecular formula is C6H13NO2. The van der Waals surface area contributed by atoms with Crippen LogP contribution in [0, 0.1) is 0 Å². The summed E-state index contributed by atoms with van der Waals surface area (Å²) in [6, 6.07) is -0.0556. The fourth-order valence-electron chi connectivity index (χ4n) is 0.793. The van der Waals surface area contributed by atoms with E-state index in [1.165, 1.54) is 0 Å². The van der Waals surface area contributed by atoms with Gasteiger partial charge in [0.25, 0.3) is 0 Å². The Morgan fingerprint density at radius 3 is 2.11 bits per heavy atom. The second-order valence-corrected chi connectivity index (χ2v) is 2.50. The second-order valence-electron chi connectivity index (χ2n) is 2.50. The maximum Gasteiger partial charge on any atom is 0.180 e. The average Bonchev–Trinajstić information content (AvgIpc) is 2.16. The summed E-state index contributed by atoms with van der Waals surface area (Å²) < 4.78 is 10.5. The van der Waals surface area contributed by atoms with E-state index in [0.29, 0.717) is 13.2 Å². The summed E-state index contributed by atoms with van der Waals surface area (Å²) in [6.45, 7) is 5.08. The highest BCUT2D eigenvalue weighted by atomic mass is 16.7. The van der Waals surface area contributed by atoms with Crippen LogP contribution in [0.2, 0.25) is 0 Å². The smallest absolute Gasteiger partial charge is 0.180 e. The molecule has 1 atom stereocenters. The van der Waals surface area contributed by atoms with Crippen LogP contribution in [0.25, 0.3) is 0 Å². The fraction of sp³-hybridized carbons (Fsp3) is 1.00. The van der Waals surface area contributed by atoms with Gasteiger partial charge in [-0.1, -0.05) is 0 Å². The summed E-state index contributed by atoms with van der Waals surface area (Å²) in [7, 11) is 0. The van der Waals surface area contributed by atoms with Gasteiger partial charge in [-0.3, -0.25) is 0 Å². The van der Waals surface area contributed by atoms with Crippen molar-refractivity contribution in [2.75, 3.05) is 13.2 Å². The van der Waals surface area contributed by atoms with Crippen LogP contribution >= 0.6 is 0 Å². The first-order valence-corrected chi connectivity index (χ1v) is 3.18. The Kier molecular flexibility index (Phi) is 1.75. The molecule has 3 heteroatoms. The summed E-state index contributed by atoms with van der Waals surface area (Å²) in [5, 5.41) is 0. The summed E-state index contributed by atoms with van der Waals surface area (Å²) in [6.07, 6.45) is 0. The minimum absolute atomic E-state index is 0.0556. The molecule has 0 aromatic rings. The minimum atomic E-state index is -0.528. The molecule has 1 heterocycles. The molecule has 0 spiro atoms. The molecule has 0 bridgehead atoms. The molecule has 3 nitrogen and oxygen atoms in total. The van der Waals surface area contributed by atoms with Crippen LogP contribution in [0.3, 0.4) is 0 Å². The lowest BCUT2D eigenvalue weighted by molar-refractivity contribution is -0.154. The standard InChI is InChI=1S/C6H13NO2/c1-5(7)6(2)8-3-4-9-6/h5H,3-4,7H2,1-2H3/t5-/m1/s1. The second kappa shape index (κ2) is 2.25. The highest BCUT2D eigenvalue weighted by Gasteiger charge is 2.34. The van der Waals surface area contributed by atoms with Crippen molar-refractivity contribution in [3.63, 3.8) is 0 Å². The van der Waals surface area contributed by atoms with Gasteiger partial charge >= 0.3 is 0 Å². The van der Waals surface area contributed by atoms with Crippen LogP contribution in [0.15, 0.2) is 0 Å². The van der Waals surface area contributed by atoms with Gasteiger partial charge in [-0.15, -0.1) is 0 Å². The van der Waals surface area contributed by atoms with Crippen LogP contribution in [-0.4, -0.2) is 25.0 Å². The first kappa shape index (κ1) is 6.99. The molecule has 1 aliphatic rings. The van der Waals surface area contributed by atoms with Gasteiger partial charge < -0.3 is 15.2 Å². The third kappa shape index (κ3) is 1.23. The van der Waals surface area contributed by atoms with Gasteiger partial charge in [0.05, 0.1) is 19.3 Å². The van der Waals surface area contributed by atoms with Gasteiger partial charge in [-0.05, 0) is 13.8 Å². The quantitative estimate of drug-likeness (QED) is 0.548. The van der Waals surface area contributed by atoms with Crippen molar-refractivity contribution in [2.45, 2.75) is 25.7 Å². The lowest BCUT2D eigenvalue weighted by Crippen LogP contribution is -2.44. The Morgan fingerprint density at radius 1 is 1.44 bits per heavy atom. The van der Waals surface area contributed by atoms with E-state index in [-0.39, 0.29) is 6.04 Å². The molecule has 2 N–H and O–H groups in total. The summed E-state index contributed by atoms with van der Waals surface area (Å²) in [5.74, 6) is -0.528. The van der Waals surface area contributed by atoms with Gasteiger partial charge in [-0.25, -0.2) is 0 Å². The van der Waals surface area contributed by atoms with E-state index in [1.54, 1.807) is 0 Å². The van der Waals surface area contributed by atoms with Crippen molar-refractivity contribution in [3.8, 4) is 0 Å². The molecule has 0 radical (unpaired) electrons. The Labute approximate surface area is 55.1 Å². The monoisotopic (exact) mass is 131 g/mol. The van der Waals surface area contributed by atoms with Crippen molar-refractivity contribution in [1.82, 2.24) is 0 Å². The van der Waals surface area contributed by atoms with E-state index in [4.69, 9.17) is 15.2 Å². The van der Waals surface area contributed by atoms with Crippen molar-refractivity contribution >= 4 is 0 Å². The van der Waals surface area contributed by atoms with E-state index < -0.39 is 5.79 Å². The summed E-state index contributed by atoms with van der Waals surface area (Å²) in [5.41, 5.74) is 5.58. The van der Waals surface area contributed by atoms with Gasteiger partial charge in [0, 0.05) is 0 Å². The Bertz CT molecular complexity index is 97.2. The van der Waals surface area contributed by atoms with Crippen molar-refractivity contribution in [3.05, 3.63) is 0 Å². The zero-order valence-corrected chi connectivity index (χ0v) is 5.89. The van der Waals surface area contributed by atoms with Crippen LogP contribution in [0.4, 0.5) is 0 Å². The molecule has 0 aromatic carbocycles. The van der Waals surface area contributed by atoms with Gasteiger partial charge in [0.15, 0.2) is 5.79 Å². The molecule has 0 unspecified atom stereocenters. The molecule has 0 amide bonds. The number of rotatable bonds is 1. The third-order valence-electron chi connectivity index (χ3n) is 1.69. The number of hydrogen-bond donors (Lipinski definition) is 1. The largest absolute Gasteiger partial charge is 0.346 e. The normalized spacial score (nSPS) is 28.3. The Morgan fingerprint density at radius 2 is 1.89 bits per heavy atom. The first-order chi connectivity index (χ1) is 4.15. The maximum atomic E-state index is 5.58. The zero-order chi connectivity index (χ0) is 6.91. The fourth-order valence-corrected chi connectivity index (χ4v) is 0.793. The number of nitrogens with two attached hydrogens (primary N) is 1. The van der Waals surface area contributed by atoms with Gasteiger partial charge in [0.2, 0.25) is 0 Å². The van der Waals surface area contributed by atoms with Gasteiger partial charge in [0.1, 0.15) is 0 Å². The molecule has 1 rings (SSSR count). The first-order valence-electron chi connectivity index (χ1n) is 3.18. The predicted octanol–water partition coefficient (Wildman–Crippen LogP) is 0.0966. The lowest BCUT2D eigenvalue weighted by atomic mass is 10.2. The molecule has 1 saturated heterocycles. The van der Waals surface area contributed by atoms with Crippen LogP contribution in [-0.2, 0) is 9.47 Å². The van der Waals surface area contributed by atoms with Gasteiger partial charge in [-0.2, -0.15) is 0 Å². The SMILES string of the molecule is C[C@@H](N)C1(C)OCCO1. The van der Waals surface area contributed by atoms with Crippen LogP contribution in [0.5, 0.6) is 0 Å². The molecule has 0 aliphatic carbocycles. The molecule has 1 aliphatic heterocycles. The molecule has 0 aromatic heterocycles. The summed E-state index contributed by atoms with van der Waals surface area (Å²) in [4.78, 5) is 0. The van der Waals surface area contributed by atoms with Crippen LogP contribution in [0.1, 0.15) is 13.8 Å². The molecular weight excluding hydrogens is 118 g/mol. The number of hydrogen-bond acceptors (Lipinski definition) is 3. The third-order valence-corrected chi connectivity index (χ3v) is 1.69. The van der Waals surface area contributed by atoms with E-state index in [0.717, 1.165) is 0 Å². The number of ether oxygens (including phenoxy) is 2. The lowest BCUT2D eigenvalue weighted by Gasteiger charge is -2.25. The highest BCUT2D eigenvalue weighted by molar-refractivity contribution is 4.77. The molecule has 54 valence electrons. The molecule has 9 heavy (non-hydrogen) atoms. The van der Waals surface area contributed by atoms with E-state index in [9.17, 15) is 0 Å². The minimum Gasteiger partial charge on any atom is -0.346 e. The van der Waals surface area contributed by atoms with Crippen molar-refractivity contribution in [1.29, 1.82) is 0 Å². The Hall–Kier alpha value is -0.120. The Balaban J connectivity index is 2.51. The van der Waals surface area contributed by atoms with E-state index in [1.807, 2.05) is 13.8 Å². The average molecular weight is 131 g/mol. The topological polar surface area (TPSA) is 44.5 Å². The highest BCUT2D eigenvalue weighted by Crippen LogP contribution is 2.20. The van der Waals surface area contributed by atoms with Crippen molar-refractivity contribution in [2.24, 2.45) is 5.73 Å². The van der Waals surface area contributed by atoms with Crippen molar-refractivity contribution < 1.29 is 9.47 Å².